The number of aryl methyl sites for hydroxylation is 2. The molecule has 4 aliphatic rings. The maximum Gasteiger partial charge on any atom is 0.340 e. The van der Waals surface area contributed by atoms with E-state index < -0.39 is 28.6 Å². The van der Waals surface area contributed by atoms with Crippen molar-refractivity contribution in [1.29, 1.82) is 0 Å². The first kappa shape index (κ1) is 51.6. The van der Waals surface area contributed by atoms with Crippen molar-refractivity contribution in [3.05, 3.63) is 224 Å². The molecular formula is C68H62N4O8. The van der Waals surface area contributed by atoms with Crippen LogP contribution in [0.2, 0.25) is 0 Å². The van der Waals surface area contributed by atoms with Crippen molar-refractivity contribution in [2.24, 2.45) is 0 Å². The van der Waals surface area contributed by atoms with E-state index in [-0.39, 0.29) is 24.7 Å². The summed E-state index contributed by atoms with van der Waals surface area (Å²) in [6.45, 7) is 12.0. The monoisotopic (exact) mass is 1060 g/mol. The van der Waals surface area contributed by atoms with Gasteiger partial charge in [0.25, 0.3) is 0 Å². The van der Waals surface area contributed by atoms with Gasteiger partial charge in [-0.05, 0) is 127 Å². The van der Waals surface area contributed by atoms with Crippen LogP contribution in [0.25, 0.3) is 0 Å². The predicted octanol–water partition coefficient (Wildman–Crippen LogP) is 14.4. The van der Waals surface area contributed by atoms with Gasteiger partial charge in [0.2, 0.25) is 11.8 Å². The molecule has 402 valence electrons. The molecule has 8 aromatic rings. The quantitative estimate of drug-likeness (QED) is 0.116. The molecule has 0 fully saturated rings. The lowest BCUT2D eigenvalue weighted by molar-refractivity contribution is -0.118. The van der Waals surface area contributed by atoms with Crippen molar-refractivity contribution in [3.8, 4) is 23.0 Å². The van der Waals surface area contributed by atoms with E-state index in [1.54, 1.807) is 21.9 Å². The Kier molecular flexibility index (Phi) is 12.3. The van der Waals surface area contributed by atoms with Crippen LogP contribution in [0.5, 0.6) is 23.0 Å². The van der Waals surface area contributed by atoms with Crippen molar-refractivity contribution in [1.82, 2.24) is 0 Å². The average molecular weight is 1060 g/mol. The number of ether oxygens (including phenoxy) is 4. The topological polar surface area (TPSA) is 118 Å². The number of benzene rings is 8. The number of nitrogens with zero attached hydrogens (tertiary/aromatic N) is 4. The van der Waals surface area contributed by atoms with Gasteiger partial charge in [-0.1, -0.05) is 88.4 Å². The van der Waals surface area contributed by atoms with Gasteiger partial charge in [0.15, 0.2) is 11.2 Å². The Bertz CT molecular complexity index is 3660. The zero-order valence-corrected chi connectivity index (χ0v) is 46.7. The van der Waals surface area contributed by atoms with E-state index in [4.69, 9.17) is 18.9 Å². The minimum Gasteiger partial charge on any atom is -0.456 e. The minimum absolute atomic E-state index is 0.110. The fraction of sp³-hybridized carbons (Fsp3) is 0.235. The number of rotatable bonds is 11. The van der Waals surface area contributed by atoms with Gasteiger partial charge in [0.05, 0.1) is 22.5 Å². The third-order valence-corrected chi connectivity index (χ3v) is 16.9. The lowest BCUT2D eigenvalue weighted by Gasteiger charge is -2.38. The second-order valence-corrected chi connectivity index (χ2v) is 21.8. The van der Waals surface area contributed by atoms with E-state index in [0.717, 1.165) is 40.0 Å². The van der Waals surface area contributed by atoms with E-state index in [1.807, 2.05) is 187 Å². The molecule has 80 heavy (non-hydrogen) atoms. The zero-order chi connectivity index (χ0) is 56.2. The summed E-state index contributed by atoms with van der Waals surface area (Å²) in [5, 5.41) is 0. The third kappa shape index (κ3) is 7.62. The molecule has 2 atom stereocenters. The van der Waals surface area contributed by atoms with Crippen molar-refractivity contribution in [2.45, 2.75) is 77.4 Å². The van der Waals surface area contributed by atoms with Crippen LogP contribution in [0, 0.1) is 13.8 Å². The molecule has 0 bridgehead atoms. The fourth-order valence-corrected chi connectivity index (χ4v) is 12.3. The summed E-state index contributed by atoms with van der Waals surface area (Å²) < 4.78 is 26.5. The Balaban J connectivity index is 0.895. The number of carbonyl (C=O) groups is 4. The van der Waals surface area contributed by atoms with E-state index >= 15 is 0 Å². The molecule has 0 saturated heterocycles. The first-order valence-electron chi connectivity index (χ1n) is 27.3. The molecule has 0 aromatic heterocycles. The summed E-state index contributed by atoms with van der Waals surface area (Å²) in [4.78, 5) is 63.8. The van der Waals surface area contributed by atoms with Crippen molar-refractivity contribution >= 4 is 57.9 Å². The second-order valence-electron chi connectivity index (χ2n) is 21.8. The number of amides is 2. The van der Waals surface area contributed by atoms with Crippen molar-refractivity contribution in [3.63, 3.8) is 0 Å². The highest BCUT2D eigenvalue weighted by Gasteiger charge is 2.55. The summed E-state index contributed by atoms with van der Waals surface area (Å²) in [6.07, 6.45) is 1.21. The standard InChI is InChI=1S/C68H62N4O8/c1-11-62(73)71(56-38-54-58(34-40(56)4)77-60-36-46(69(7)8)30-32-52(60)67(54)50-20-16-14-18-48(50)64(75)79-67)44-26-22-42(23-27-44)66(6,13-3)43-24-28-45(29-25-43)72(63(74)12-2)57-39-55-59(35-41(57)5)78-61-37-47(70(9)10)31-33-53(61)68(55)51-21-17-15-19-49(51)65(76)80-68/h14-39H,11-13H2,1-10H3. The van der Waals surface area contributed by atoms with Gasteiger partial charge < -0.3 is 28.7 Å². The van der Waals surface area contributed by atoms with Crippen LogP contribution in [-0.2, 0) is 35.7 Å². The minimum atomic E-state index is -1.33. The van der Waals surface area contributed by atoms with Gasteiger partial charge in [0, 0.05) is 115 Å². The van der Waals surface area contributed by atoms with Gasteiger partial charge in [0.1, 0.15) is 23.0 Å². The molecule has 0 saturated carbocycles. The highest BCUT2D eigenvalue weighted by Crippen LogP contribution is 2.60. The first-order valence-corrected chi connectivity index (χ1v) is 27.3. The first-order chi connectivity index (χ1) is 38.5. The zero-order valence-electron chi connectivity index (χ0n) is 46.7. The van der Waals surface area contributed by atoms with Crippen LogP contribution >= 0.6 is 0 Å². The number of carbonyl (C=O) groups excluding carboxylic acids is 4. The highest BCUT2D eigenvalue weighted by atomic mass is 16.6. The highest BCUT2D eigenvalue weighted by molar-refractivity contribution is 6.04. The van der Waals surface area contributed by atoms with Gasteiger partial charge >= 0.3 is 11.9 Å². The van der Waals surface area contributed by atoms with Crippen LogP contribution in [0.3, 0.4) is 0 Å². The van der Waals surface area contributed by atoms with E-state index in [0.29, 0.717) is 90.3 Å². The van der Waals surface area contributed by atoms with E-state index in [9.17, 15) is 19.2 Å². The third-order valence-electron chi connectivity index (χ3n) is 16.9. The summed E-state index contributed by atoms with van der Waals surface area (Å²) in [6, 6.07) is 50.9. The molecule has 0 radical (unpaired) electrons. The summed E-state index contributed by atoms with van der Waals surface area (Å²) in [5.74, 6) is 1.17. The molecule has 2 amide bonds. The van der Waals surface area contributed by atoms with Crippen molar-refractivity contribution in [2.75, 3.05) is 47.8 Å². The summed E-state index contributed by atoms with van der Waals surface area (Å²) in [7, 11) is 7.87. The molecule has 4 aliphatic heterocycles. The van der Waals surface area contributed by atoms with Gasteiger partial charge in [-0.3, -0.25) is 19.4 Å². The lowest BCUT2D eigenvalue weighted by Crippen LogP contribution is -2.34. The molecular weight excluding hydrogens is 1000 g/mol. The molecule has 2 unspecified atom stereocenters. The summed E-state index contributed by atoms with van der Waals surface area (Å²) >= 11 is 0. The largest absolute Gasteiger partial charge is 0.456 e. The SMILES string of the molecule is CCC(=O)N(c1ccc(C(C)(CC)c2ccc(N(C(=O)CC)c3cc4c(cc3C)Oc3cc(N(C)C)ccc3C43OC(=O)c4ccccc43)cc2)cc1)c1cc2c(cc1C)Oc1cc(N(C)C)ccc1C21OC(=O)c2ccccc21. The molecule has 8 aromatic carbocycles. The number of anilines is 6. The Morgan fingerprint density at radius 1 is 0.450 bits per heavy atom. The van der Waals surface area contributed by atoms with Gasteiger partial charge in [-0.15, -0.1) is 0 Å². The van der Waals surface area contributed by atoms with E-state index in [2.05, 4.69) is 38.1 Å². The predicted molar refractivity (Wildman–Crippen MR) is 312 cm³/mol. The Morgan fingerprint density at radius 2 is 0.812 bits per heavy atom. The summed E-state index contributed by atoms with van der Waals surface area (Å²) in [5.41, 5.74) is 10.1. The Hall–Kier alpha value is -9.16. The van der Waals surface area contributed by atoms with Crippen LogP contribution in [-0.4, -0.2) is 51.9 Å². The second kappa shape index (κ2) is 19.0. The maximum atomic E-state index is 14.4. The number of hydrogen-bond donors (Lipinski definition) is 0. The van der Waals surface area contributed by atoms with Crippen molar-refractivity contribution < 1.29 is 38.1 Å². The number of fused-ring (bicyclic) bond motifs is 12. The molecule has 0 N–H and O–H groups in total. The van der Waals surface area contributed by atoms with Gasteiger partial charge in [-0.2, -0.15) is 0 Å². The molecule has 2 spiro atoms. The number of hydrogen-bond acceptors (Lipinski definition) is 10. The number of esters is 2. The Labute approximate surface area is 466 Å². The van der Waals surface area contributed by atoms with Crippen LogP contribution in [0.1, 0.15) is 123 Å². The maximum absolute atomic E-state index is 14.4. The normalized spacial score (nSPS) is 17.5. The fourth-order valence-electron chi connectivity index (χ4n) is 12.3. The molecule has 12 nitrogen and oxygen atoms in total. The molecule has 12 rings (SSSR count). The lowest BCUT2D eigenvalue weighted by atomic mass is 9.74. The molecule has 0 aliphatic carbocycles. The van der Waals surface area contributed by atoms with Gasteiger partial charge in [-0.25, -0.2) is 9.59 Å². The van der Waals surface area contributed by atoms with Crippen LogP contribution in [0.4, 0.5) is 34.1 Å². The van der Waals surface area contributed by atoms with Crippen LogP contribution < -0.4 is 29.1 Å². The Morgan fingerprint density at radius 3 is 1.18 bits per heavy atom. The molecule has 12 heteroatoms. The molecule has 4 heterocycles. The smallest absolute Gasteiger partial charge is 0.340 e. The van der Waals surface area contributed by atoms with Crippen LogP contribution in [0.15, 0.2) is 158 Å². The average Bonchev–Trinajstić information content (AvgIpc) is 2.43. The van der Waals surface area contributed by atoms with E-state index in [1.165, 1.54) is 0 Å².